The summed E-state index contributed by atoms with van der Waals surface area (Å²) in [6, 6.07) is 21.7. The van der Waals surface area contributed by atoms with E-state index in [0.29, 0.717) is 0 Å². The molecule has 0 atom stereocenters. The third-order valence-electron chi connectivity index (χ3n) is 4.09. The lowest BCUT2D eigenvalue weighted by atomic mass is 9.99. The number of fused-ring (bicyclic) bond motifs is 3. The van der Waals surface area contributed by atoms with Gasteiger partial charge < -0.3 is 4.98 Å². The van der Waals surface area contributed by atoms with Crippen molar-refractivity contribution >= 4 is 21.8 Å². The standard InChI is InChI=1S/C20H17N/c1-13-8-9-19-17(10-13)18-12-14(2)11-16(20(18)21-19)15-6-4-3-5-7-15/h3-12,21H,1-2H3. The van der Waals surface area contributed by atoms with Gasteiger partial charge in [0.25, 0.3) is 0 Å². The fourth-order valence-electron chi connectivity index (χ4n) is 3.10. The molecule has 4 aromatic rings. The fraction of sp³-hybridized carbons (Fsp3) is 0.100. The molecule has 1 nitrogen and oxygen atoms in total. The van der Waals surface area contributed by atoms with Gasteiger partial charge in [0, 0.05) is 21.9 Å². The van der Waals surface area contributed by atoms with E-state index < -0.39 is 0 Å². The average Bonchev–Trinajstić information content (AvgIpc) is 2.85. The number of nitrogens with one attached hydrogen (secondary N) is 1. The molecule has 0 aliphatic rings. The maximum absolute atomic E-state index is 3.60. The summed E-state index contributed by atoms with van der Waals surface area (Å²) in [5.74, 6) is 0. The second kappa shape index (κ2) is 4.49. The van der Waals surface area contributed by atoms with E-state index >= 15 is 0 Å². The lowest BCUT2D eigenvalue weighted by molar-refractivity contribution is 1.47. The summed E-state index contributed by atoms with van der Waals surface area (Å²) in [6.07, 6.45) is 0. The largest absolute Gasteiger partial charge is 0.354 e. The summed E-state index contributed by atoms with van der Waals surface area (Å²) in [5, 5.41) is 2.62. The molecular weight excluding hydrogens is 254 g/mol. The lowest BCUT2D eigenvalue weighted by Crippen LogP contribution is -1.82. The number of aromatic nitrogens is 1. The van der Waals surface area contributed by atoms with Crippen LogP contribution >= 0.6 is 0 Å². The Bertz CT molecular complexity index is 946. The molecule has 1 heterocycles. The predicted octanol–water partition coefficient (Wildman–Crippen LogP) is 5.60. The van der Waals surface area contributed by atoms with Gasteiger partial charge >= 0.3 is 0 Å². The normalized spacial score (nSPS) is 11.3. The molecule has 0 aliphatic carbocycles. The van der Waals surface area contributed by atoms with Crippen LogP contribution in [0.5, 0.6) is 0 Å². The molecule has 0 fully saturated rings. The average molecular weight is 271 g/mol. The summed E-state index contributed by atoms with van der Waals surface area (Å²) in [6.45, 7) is 4.31. The number of aromatic amines is 1. The van der Waals surface area contributed by atoms with Gasteiger partial charge in [-0.15, -0.1) is 0 Å². The van der Waals surface area contributed by atoms with Crippen molar-refractivity contribution in [3.8, 4) is 11.1 Å². The van der Waals surface area contributed by atoms with Crippen LogP contribution < -0.4 is 0 Å². The lowest BCUT2D eigenvalue weighted by Gasteiger charge is -2.05. The molecule has 1 heteroatoms. The molecule has 0 saturated carbocycles. The van der Waals surface area contributed by atoms with Crippen LogP contribution in [0, 0.1) is 13.8 Å². The molecule has 0 radical (unpaired) electrons. The Morgan fingerprint density at radius 1 is 0.714 bits per heavy atom. The van der Waals surface area contributed by atoms with Crippen LogP contribution in [0.2, 0.25) is 0 Å². The summed E-state index contributed by atoms with van der Waals surface area (Å²) in [7, 11) is 0. The highest BCUT2D eigenvalue weighted by Crippen LogP contribution is 2.34. The highest BCUT2D eigenvalue weighted by Gasteiger charge is 2.10. The monoisotopic (exact) mass is 271 g/mol. The van der Waals surface area contributed by atoms with Crippen molar-refractivity contribution in [3.63, 3.8) is 0 Å². The van der Waals surface area contributed by atoms with E-state index in [4.69, 9.17) is 0 Å². The van der Waals surface area contributed by atoms with Crippen LogP contribution in [0.25, 0.3) is 32.9 Å². The molecule has 0 unspecified atom stereocenters. The van der Waals surface area contributed by atoms with Gasteiger partial charge in [0.15, 0.2) is 0 Å². The second-order valence-corrected chi connectivity index (χ2v) is 5.78. The molecule has 0 bridgehead atoms. The minimum absolute atomic E-state index is 1.21. The van der Waals surface area contributed by atoms with Gasteiger partial charge in [0.1, 0.15) is 0 Å². The molecule has 102 valence electrons. The number of hydrogen-bond acceptors (Lipinski definition) is 0. The Kier molecular flexibility index (Phi) is 2.61. The van der Waals surface area contributed by atoms with E-state index in [-0.39, 0.29) is 0 Å². The number of H-pyrrole nitrogens is 1. The van der Waals surface area contributed by atoms with Crippen molar-refractivity contribution in [1.82, 2.24) is 4.98 Å². The highest BCUT2D eigenvalue weighted by atomic mass is 14.7. The summed E-state index contributed by atoms with van der Waals surface area (Å²) in [5.41, 5.74) is 7.56. The molecule has 1 aromatic heterocycles. The molecule has 1 N–H and O–H groups in total. The van der Waals surface area contributed by atoms with Crippen molar-refractivity contribution in [1.29, 1.82) is 0 Å². The van der Waals surface area contributed by atoms with Crippen molar-refractivity contribution in [2.24, 2.45) is 0 Å². The molecule has 0 aliphatic heterocycles. The van der Waals surface area contributed by atoms with Gasteiger partial charge in [-0.25, -0.2) is 0 Å². The molecule has 0 spiro atoms. The number of benzene rings is 3. The first kappa shape index (κ1) is 12.2. The van der Waals surface area contributed by atoms with Crippen LogP contribution in [0.3, 0.4) is 0 Å². The van der Waals surface area contributed by atoms with E-state index in [1.165, 1.54) is 44.1 Å². The third-order valence-corrected chi connectivity index (χ3v) is 4.09. The summed E-state index contributed by atoms with van der Waals surface area (Å²) in [4.78, 5) is 3.60. The minimum atomic E-state index is 1.21. The second-order valence-electron chi connectivity index (χ2n) is 5.78. The van der Waals surface area contributed by atoms with Crippen molar-refractivity contribution in [2.75, 3.05) is 0 Å². The van der Waals surface area contributed by atoms with Crippen LogP contribution in [-0.2, 0) is 0 Å². The van der Waals surface area contributed by atoms with Crippen LogP contribution in [0.1, 0.15) is 11.1 Å². The van der Waals surface area contributed by atoms with Gasteiger partial charge in [-0.3, -0.25) is 0 Å². The smallest absolute Gasteiger partial charge is 0.0544 e. The van der Waals surface area contributed by atoms with E-state index in [9.17, 15) is 0 Å². The van der Waals surface area contributed by atoms with Crippen LogP contribution in [0.4, 0.5) is 0 Å². The minimum Gasteiger partial charge on any atom is -0.354 e. The Labute approximate surface area is 124 Å². The molecule has 3 aromatic carbocycles. The Morgan fingerprint density at radius 2 is 1.48 bits per heavy atom. The van der Waals surface area contributed by atoms with Crippen molar-refractivity contribution in [2.45, 2.75) is 13.8 Å². The molecule has 4 rings (SSSR count). The van der Waals surface area contributed by atoms with Gasteiger partial charge in [0.05, 0.1) is 5.52 Å². The summed E-state index contributed by atoms with van der Waals surface area (Å²) < 4.78 is 0. The number of hydrogen-bond donors (Lipinski definition) is 1. The fourth-order valence-corrected chi connectivity index (χ4v) is 3.10. The van der Waals surface area contributed by atoms with Gasteiger partial charge in [-0.1, -0.05) is 42.0 Å². The molecule has 0 amide bonds. The third kappa shape index (κ3) is 1.93. The van der Waals surface area contributed by atoms with E-state index in [0.717, 1.165) is 0 Å². The quantitative estimate of drug-likeness (QED) is 0.463. The maximum Gasteiger partial charge on any atom is 0.0544 e. The Morgan fingerprint density at radius 3 is 2.29 bits per heavy atom. The van der Waals surface area contributed by atoms with Gasteiger partial charge in [-0.05, 0) is 49.2 Å². The highest BCUT2D eigenvalue weighted by molar-refractivity contribution is 6.12. The number of aryl methyl sites for hydroxylation is 2. The number of rotatable bonds is 1. The van der Waals surface area contributed by atoms with Crippen LogP contribution in [-0.4, -0.2) is 4.98 Å². The van der Waals surface area contributed by atoms with E-state index in [2.05, 4.69) is 79.5 Å². The molecular formula is C20H17N. The van der Waals surface area contributed by atoms with E-state index in [1.54, 1.807) is 0 Å². The van der Waals surface area contributed by atoms with Gasteiger partial charge in [-0.2, -0.15) is 0 Å². The Hall–Kier alpha value is -2.54. The van der Waals surface area contributed by atoms with Crippen LogP contribution in [0.15, 0.2) is 60.7 Å². The van der Waals surface area contributed by atoms with E-state index in [1.807, 2.05) is 0 Å². The molecule has 21 heavy (non-hydrogen) atoms. The van der Waals surface area contributed by atoms with Crippen molar-refractivity contribution in [3.05, 3.63) is 71.8 Å². The zero-order valence-corrected chi connectivity index (χ0v) is 12.3. The van der Waals surface area contributed by atoms with Crippen molar-refractivity contribution < 1.29 is 0 Å². The zero-order valence-electron chi connectivity index (χ0n) is 12.3. The summed E-state index contributed by atoms with van der Waals surface area (Å²) >= 11 is 0. The zero-order chi connectivity index (χ0) is 14.4. The van der Waals surface area contributed by atoms with Gasteiger partial charge in [0.2, 0.25) is 0 Å². The SMILES string of the molecule is Cc1ccc2[nH]c3c(-c4ccccc4)cc(C)cc3c2c1. The molecule has 0 saturated heterocycles. The first-order valence-electron chi connectivity index (χ1n) is 7.30. The maximum atomic E-state index is 3.60. The topological polar surface area (TPSA) is 15.8 Å². The Balaban J connectivity index is 2.15. The first-order chi connectivity index (χ1) is 10.2. The first-order valence-corrected chi connectivity index (χ1v) is 7.30. The predicted molar refractivity (Wildman–Crippen MR) is 90.7 cm³/mol.